The van der Waals surface area contributed by atoms with Crippen molar-refractivity contribution in [2.24, 2.45) is 0 Å². The van der Waals surface area contributed by atoms with Gasteiger partial charge in [0, 0.05) is 12.3 Å². The highest BCUT2D eigenvalue weighted by atomic mass is 35.5. The molecule has 0 saturated heterocycles. The fourth-order valence-electron chi connectivity index (χ4n) is 2.95. The molecule has 0 nitrogen and oxygen atoms in total. The standard InChI is InChI=1S/C18H30Cl2P.ClH/c1-4-7-12-21(13-8-5-2,14-9-6-3)18-11-10-16(19)15-17(18)20;/h10-11,15H,4-9,12-14H2,1-3H3;1H/q+1;/p-1. The molecule has 0 heterocycles. The summed E-state index contributed by atoms with van der Waals surface area (Å²) in [5.74, 6) is 0. The molecule has 0 N–H and O–H groups in total. The molecule has 0 amide bonds. The first-order valence-corrected chi connectivity index (χ1v) is 11.5. The van der Waals surface area contributed by atoms with Gasteiger partial charge in [-0.3, -0.25) is 0 Å². The van der Waals surface area contributed by atoms with E-state index in [1.165, 1.54) is 62.3 Å². The molecule has 0 aliphatic rings. The summed E-state index contributed by atoms with van der Waals surface area (Å²) in [5.41, 5.74) is 0. The van der Waals surface area contributed by atoms with Crippen molar-refractivity contribution in [3.05, 3.63) is 28.2 Å². The van der Waals surface area contributed by atoms with E-state index in [4.69, 9.17) is 23.2 Å². The second kappa shape index (κ2) is 12.0. The molecule has 0 fully saturated rings. The van der Waals surface area contributed by atoms with Gasteiger partial charge >= 0.3 is 0 Å². The van der Waals surface area contributed by atoms with E-state index in [-0.39, 0.29) is 12.4 Å². The number of hydrogen-bond acceptors (Lipinski definition) is 0. The predicted molar refractivity (Wildman–Crippen MR) is 102 cm³/mol. The summed E-state index contributed by atoms with van der Waals surface area (Å²) in [6, 6.07) is 6.19. The third-order valence-corrected chi connectivity index (χ3v) is 9.85. The molecule has 0 radical (unpaired) electrons. The zero-order valence-electron chi connectivity index (χ0n) is 14.2. The number of rotatable bonds is 10. The van der Waals surface area contributed by atoms with Gasteiger partial charge in [0.25, 0.3) is 0 Å². The Balaban J connectivity index is 0.00000441. The van der Waals surface area contributed by atoms with Crippen LogP contribution in [0.25, 0.3) is 0 Å². The van der Waals surface area contributed by atoms with Crippen LogP contribution in [0, 0.1) is 0 Å². The quantitative estimate of drug-likeness (QED) is 0.535. The van der Waals surface area contributed by atoms with E-state index < -0.39 is 7.26 Å². The van der Waals surface area contributed by atoms with Crippen molar-refractivity contribution in [1.82, 2.24) is 0 Å². The van der Waals surface area contributed by atoms with Gasteiger partial charge in [-0.25, -0.2) is 0 Å². The Morgan fingerprint density at radius 3 is 1.64 bits per heavy atom. The van der Waals surface area contributed by atoms with Crippen LogP contribution in [0.4, 0.5) is 0 Å². The Morgan fingerprint density at radius 1 is 0.818 bits per heavy atom. The van der Waals surface area contributed by atoms with Crippen molar-refractivity contribution < 1.29 is 12.4 Å². The Morgan fingerprint density at radius 2 is 1.27 bits per heavy atom. The van der Waals surface area contributed by atoms with Crippen molar-refractivity contribution >= 4 is 35.8 Å². The lowest BCUT2D eigenvalue weighted by Gasteiger charge is -2.28. The van der Waals surface area contributed by atoms with Crippen molar-refractivity contribution in [3.8, 4) is 0 Å². The zero-order valence-corrected chi connectivity index (χ0v) is 17.3. The SMILES string of the molecule is CCCC[P+](CCCC)(CCCC)c1ccc(Cl)cc1Cl.[Cl-]. The zero-order chi connectivity index (χ0) is 15.7. The second-order valence-electron chi connectivity index (χ2n) is 5.97. The lowest BCUT2D eigenvalue weighted by Crippen LogP contribution is -3.00. The first-order valence-electron chi connectivity index (χ1n) is 8.41. The smallest absolute Gasteiger partial charge is 0.112 e. The van der Waals surface area contributed by atoms with E-state index in [0.717, 1.165) is 10.0 Å². The fraction of sp³-hybridized carbons (Fsp3) is 0.667. The Hall–Kier alpha value is 0.520. The van der Waals surface area contributed by atoms with E-state index in [2.05, 4.69) is 26.8 Å². The molecule has 22 heavy (non-hydrogen) atoms. The van der Waals surface area contributed by atoms with Gasteiger partial charge in [-0.1, -0.05) is 63.2 Å². The van der Waals surface area contributed by atoms with Crippen molar-refractivity contribution in [1.29, 1.82) is 0 Å². The summed E-state index contributed by atoms with van der Waals surface area (Å²) in [6.45, 7) is 6.87. The van der Waals surface area contributed by atoms with E-state index in [0.29, 0.717) is 0 Å². The number of benzene rings is 1. The van der Waals surface area contributed by atoms with Crippen molar-refractivity contribution in [2.45, 2.75) is 59.3 Å². The lowest BCUT2D eigenvalue weighted by atomic mass is 10.3. The third kappa shape index (κ3) is 6.56. The maximum atomic E-state index is 6.59. The third-order valence-electron chi connectivity index (χ3n) is 4.24. The minimum Gasteiger partial charge on any atom is -1.00 e. The predicted octanol–water partition coefficient (Wildman–Crippen LogP) is 4.04. The van der Waals surface area contributed by atoms with E-state index in [1.807, 2.05) is 12.1 Å². The van der Waals surface area contributed by atoms with Crippen molar-refractivity contribution in [3.63, 3.8) is 0 Å². The molecule has 1 rings (SSSR count). The summed E-state index contributed by atoms with van der Waals surface area (Å²) < 4.78 is 0. The van der Waals surface area contributed by atoms with Crippen LogP contribution in [-0.4, -0.2) is 18.5 Å². The molecule has 1 aromatic carbocycles. The number of hydrogen-bond donors (Lipinski definition) is 0. The van der Waals surface area contributed by atoms with Gasteiger partial charge in [-0.2, -0.15) is 0 Å². The monoisotopic (exact) mass is 382 g/mol. The van der Waals surface area contributed by atoms with Gasteiger partial charge in [0.1, 0.15) is 5.30 Å². The molecule has 0 atom stereocenters. The van der Waals surface area contributed by atoms with Crippen LogP contribution in [0.1, 0.15) is 59.3 Å². The average molecular weight is 384 g/mol. The molecule has 0 saturated carbocycles. The minimum atomic E-state index is -1.15. The van der Waals surface area contributed by atoms with Gasteiger partial charge in [-0.05, 0) is 37.5 Å². The van der Waals surface area contributed by atoms with Crippen LogP contribution in [-0.2, 0) is 0 Å². The van der Waals surface area contributed by atoms with Crippen LogP contribution in [0.5, 0.6) is 0 Å². The summed E-state index contributed by atoms with van der Waals surface area (Å²) in [6.07, 6.45) is 11.8. The minimum absolute atomic E-state index is 0. The van der Waals surface area contributed by atoms with Crippen molar-refractivity contribution in [2.75, 3.05) is 18.5 Å². The molecule has 128 valence electrons. The molecular formula is C18H30Cl3P. The molecule has 0 spiro atoms. The summed E-state index contributed by atoms with van der Waals surface area (Å²) >= 11 is 12.7. The van der Waals surface area contributed by atoms with Gasteiger partial charge < -0.3 is 12.4 Å². The first-order chi connectivity index (χ1) is 10.1. The Labute approximate surface area is 154 Å². The van der Waals surface area contributed by atoms with Crippen LogP contribution in [0.3, 0.4) is 0 Å². The normalized spacial score (nSPS) is 11.3. The van der Waals surface area contributed by atoms with Gasteiger partial charge in [-0.15, -0.1) is 0 Å². The Bertz CT molecular complexity index is 399. The van der Waals surface area contributed by atoms with Crippen LogP contribution in [0.15, 0.2) is 18.2 Å². The fourth-order valence-corrected chi connectivity index (χ4v) is 8.96. The highest BCUT2D eigenvalue weighted by Gasteiger charge is 2.39. The van der Waals surface area contributed by atoms with E-state index >= 15 is 0 Å². The molecular weight excluding hydrogens is 354 g/mol. The topological polar surface area (TPSA) is 0 Å². The highest BCUT2D eigenvalue weighted by Crippen LogP contribution is 2.60. The maximum absolute atomic E-state index is 6.59. The maximum Gasteiger partial charge on any atom is 0.112 e. The van der Waals surface area contributed by atoms with E-state index in [9.17, 15) is 0 Å². The van der Waals surface area contributed by atoms with Crippen LogP contribution >= 0.6 is 30.5 Å². The average Bonchev–Trinajstić information content (AvgIpc) is 2.47. The highest BCUT2D eigenvalue weighted by molar-refractivity contribution is 7.83. The first kappa shape index (κ1) is 22.5. The summed E-state index contributed by atoms with van der Waals surface area (Å²) in [5, 5.41) is 3.09. The number of unbranched alkanes of at least 4 members (excludes halogenated alkanes) is 3. The number of halogens is 3. The molecule has 0 unspecified atom stereocenters. The molecule has 1 aromatic rings. The van der Waals surface area contributed by atoms with Gasteiger partial charge in [0.2, 0.25) is 0 Å². The molecule has 0 aromatic heterocycles. The molecule has 4 heteroatoms. The van der Waals surface area contributed by atoms with Crippen LogP contribution in [0.2, 0.25) is 10.0 Å². The molecule has 0 bridgehead atoms. The Kier molecular flexibility index (Phi) is 12.2. The largest absolute Gasteiger partial charge is 1.00 e. The molecule has 0 aliphatic carbocycles. The van der Waals surface area contributed by atoms with E-state index in [1.54, 1.807) is 0 Å². The van der Waals surface area contributed by atoms with Gasteiger partial charge in [0.05, 0.1) is 23.5 Å². The van der Waals surface area contributed by atoms with Gasteiger partial charge in [0.15, 0.2) is 0 Å². The summed E-state index contributed by atoms with van der Waals surface area (Å²) in [4.78, 5) is 0. The van der Waals surface area contributed by atoms with Crippen LogP contribution < -0.4 is 17.7 Å². The summed E-state index contributed by atoms with van der Waals surface area (Å²) in [7, 11) is -1.15. The lowest BCUT2D eigenvalue weighted by molar-refractivity contribution is -0.00000441. The molecule has 0 aliphatic heterocycles. The second-order valence-corrected chi connectivity index (χ2v) is 10.9.